The van der Waals surface area contributed by atoms with E-state index in [1.165, 1.54) is 16.7 Å². The first-order valence-corrected chi connectivity index (χ1v) is 6.87. The fraction of sp³-hybridized carbons (Fsp3) is 0.294. The third-order valence-electron chi connectivity index (χ3n) is 3.09. The Morgan fingerprint density at radius 3 is 2.42 bits per heavy atom. The number of rotatable bonds is 6. The zero-order chi connectivity index (χ0) is 13.5. The lowest BCUT2D eigenvalue weighted by molar-refractivity contribution is -0.686. The number of nitrogens with two attached hydrogens (primary N) is 1. The molecule has 0 heterocycles. The van der Waals surface area contributed by atoms with Crippen molar-refractivity contribution in [2.24, 2.45) is 0 Å². The molecule has 0 unspecified atom stereocenters. The first kappa shape index (κ1) is 13.6. The van der Waals surface area contributed by atoms with E-state index in [1.54, 1.807) is 0 Å². The fourth-order valence-electron chi connectivity index (χ4n) is 2.06. The molecular weight excluding hydrogens is 234 g/mol. The van der Waals surface area contributed by atoms with Gasteiger partial charge in [-0.25, -0.2) is 0 Å². The molecule has 0 spiro atoms. The molecule has 0 aliphatic heterocycles. The van der Waals surface area contributed by atoms with E-state index in [1.807, 2.05) is 13.0 Å². The number of hydrogen-bond acceptors (Lipinski definition) is 1. The van der Waals surface area contributed by atoms with Crippen LogP contribution in [0.4, 0.5) is 0 Å². The number of benzene rings is 2. The van der Waals surface area contributed by atoms with Crippen LogP contribution in [0.3, 0.4) is 0 Å². The second-order valence-electron chi connectivity index (χ2n) is 4.76. The molecule has 0 radical (unpaired) electrons. The lowest BCUT2D eigenvalue weighted by Crippen LogP contribution is -2.80. The largest absolute Gasteiger partial charge is 0.494 e. The van der Waals surface area contributed by atoms with Gasteiger partial charge in [0, 0.05) is 11.1 Å². The number of ether oxygens (including phenoxy) is 1. The van der Waals surface area contributed by atoms with E-state index in [4.69, 9.17) is 4.74 Å². The average Bonchev–Trinajstić information content (AvgIpc) is 2.42. The molecule has 2 N–H and O–H groups in total. The second kappa shape index (κ2) is 6.95. The normalized spacial score (nSPS) is 10.4. The maximum atomic E-state index is 5.51. The summed E-state index contributed by atoms with van der Waals surface area (Å²) in [4.78, 5) is 0. The smallest absolute Gasteiger partial charge is 0.119 e. The van der Waals surface area contributed by atoms with Crippen molar-refractivity contribution in [2.75, 3.05) is 6.61 Å². The Kier molecular flexibility index (Phi) is 4.99. The van der Waals surface area contributed by atoms with Crippen LogP contribution in [0, 0.1) is 6.92 Å². The van der Waals surface area contributed by atoms with E-state index >= 15 is 0 Å². The molecule has 2 aromatic rings. The van der Waals surface area contributed by atoms with Crippen LogP contribution in [0.15, 0.2) is 48.5 Å². The van der Waals surface area contributed by atoms with Gasteiger partial charge in [0.25, 0.3) is 0 Å². The molecule has 0 saturated heterocycles. The molecule has 0 amide bonds. The molecule has 0 fully saturated rings. The van der Waals surface area contributed by atoms with Crippen LogP contribution < -0.4 is 10.1 Å². The minimum absolute atomic E-state index is 0.719. The van der Waals surface area contributed by atoms with Gasteiger partial charge in [0.2, 0.25) is 0 Å². The molecule has 2 aromatic carbocycles. The van der Waals surface area contributed by atoms with Crippen LogP contribution in [-0.2, 0) is 13.1 Å². The van der Waals surface area contributed by atoms with Crippen molar-refractivity contribution >= 4 is 0 Å². The van der Waals surface area contributed by atoms with Gasteiger partial charge in [0.1, 0.15) is 18.8 Å². The van der Waals surface area contributed by atoms with Crippen molar-refractivity contribution in [2.45, 2.75) is 26.9 Å². The number of hydrogen-bond donors (Lipinski definition) is 1. The zero-order valence-corrected chi connectivity index (χ0v) is 11.7. The van der Waals surface area contributed by atoms with Gasteiger partial charge in [-0.15, -0.1) is 0 Å². The predicted octanol–water partition coefficient (Wildman–Crippen LogP) is 2.66. The van der Waals surface area contributed by atoms with Gasteiger partial charge in [-0.3, -0.25) is 0 Å². The average molecular weight is 256 g/mol. The van der Waals surface area contributed by atoms with Crippen molar-refractivity contribution in [1.29, 1.82) is 0 Å². The van der Waals surface area contributed by atoms with Gasteiger partial charge in [0.05, 0.1) is 6.61 Å². The molecule has 2 rings (SSSR count). The van der Waals surface area contributed by atoms with Crippen LogP contribution in [0.2, 0.25) is 0 Å². The van der Waals surface area contributed by atoms with E-state index in [0.29, 0.717) is 0 Å². The monoisotopic (exact) mass is 256 g/mol. The summed E-state index contributed by atoms with van der Waals surface area (Å²) in [6, 6.07) is 17.1. The van der Waals surface area contributed by atoms with Crippen molar-refractivity contribution in [3.8, 4) is 5.75 Å². The van der Waals surface area contributed by atoms with Crippen LogP contribution >= 0.6 is 0 Å². The quantitative estimate of drug-likeness (QED) is 0.845. The molecule has 0 bridgehead atoms. The van der Waals surface area contributed by atoms with E-state index in [2.05, 4.69) is 54.7 Å². The Balaban J connectivity index is 1.85. The first-order chi connectivity index (χ1) is 9.28. The Labute approximate surface area is 115 Å². The summed E-state index contributed by atoms with van der Waals surface area (Å²) in [6.45, 7) is 6.84. The first-order valence-electron chi connectivity index (χ1n) is 6.87. The Morgan fingerprint density at radius 1 is 0.947 bits per heavy atom. The van der Waals surface area contributed by atoms with E-state index in [0.717, 1.165) is 25.4 Å². The summed E-state index contributed by atoms with van der Waals surface area (Å²) >= 11 is 0. The predicted molar refractivity (Wildman–Crippen MR) is 78.1 cm³/mol. The van der Waals surface area contributed by atoms with Gasteiger partial charge in [-0.05, 0) is 26.0 Å². The third kappa shape index (κ3) is 4.42. The highest BCUT2D eigenvalue weighted by molar-refractivity contribution is 5.28. The molecule has 2 heteroatoms. The lowest BCUT2D eigenvalue weighted by atomic mass is 10.1. The SMILES string of the molecule is CCOc1cccc(C[NH2+]Cc2ccc(C)cc2)c1. The Morgan fingerprint density at radius 2 is 1.68 bits per heavy atom. The molecule has 100 valence electrons. The second-order valence-corrected chi connectivity index (χ2v) is 4.76. The summed E-state index contributed by atoms with van der Waals surface area (Å²) in [5.74, 6) is 0.962. The van der Waals surface area contributed by atoms with Gasteiger partial charge in [0.15, 0.2) is 0 Å². The maximum absolute atomic E-state index is 5.51. The van der Waals surface area contributed by atoms with E-state index in [-0.39, 0.29) is 0 Å². The molecule has 0 saturated carbocycles. The van der Waals surface area contributed by atoms with Crippen molar-refractivity contribution in [1.82, 2.24) is 0 Å². The third-order valence-corrected chi connectivity index (χ3v) is 3.09. The molecule has 0 atom stereocenters. The molecular formula is C17H22NO+. The minimum Gasteiger partial charge on any atom is -0.494 e. The fourth-order valence-corrected chi connectivity index (χ4v) is 2.06. The van der Waals surface area contributed by atoms with E-state index < -0.39 is 0 Å². The lowest BCUT2D eigenvalue weighted by Gasteiger charge is -2.06. The Hall–Kier alpha value is -1.80. The number of quaternary nitrogens is 1. The molecule has 2 nitrogen and oxygen atoms in total. The van der Waals surface area contributed by atoms with E-state index in [9.17, 15) is 0 Å². The molecule has 0 aliphatic carbocycles. The van der Waals surface area contributed by atoms with Crippen LogP contribution in [0.5, 0.6) is 5.75 Å². The van der Waals surface area contributed by atoms with Crippen molar-refractivity contribution < 1.29 is 10.1 Å². The summed E-state index contributed by atoms with van der Waals surface area (Å²) in [6.07, 6.45) is 0. The zero-order valence-electron chi connectivity index (χ0n) is 11.7. The summed E-state index contributed by atoms with van der Waals surface area (Å²) in [5.41, 5.74) is 3.98. The van der Waals surface area contributed by atoms with Crippen LogP contribution in [0.25, 0.3) is 0 Å². The maximum Gasteiger partial charge on any atom is 0.119 e. The Bertz CT molecular complexity index is 505. The van der Waals surface area contributed by atoms with Gasteiger partial charge in [-0.2, -0.15) is 0 Å². The summed E-state index contributed by atoms with van der Waals surface area (Å²) in [5, 5.41) is 2.32. The van der Waals surface area contributed by atoms with Crippen LogP contribution in [-0.4, -0.2) is 6.61 Å². The van der Waals surface area contributed by atoms with Gasteiger partial charge < -0.3 is 10.1 Å². The highest BCUT2D eigenvalue weighted by Crippen LogP contribution is 2.12. The van der Waals surface area contributed by atoms with Crippen molar-refractivity contribution in [3.63, 3.8) is 0 Å². The highest BCUT2D eigenvalue weighted by atomic mass is 16.5. The standard InChI is InChI=1S/C17H21NO/c1-3-19-17-6-4-5-16(11-17)13-18-12-15-9-7-14(2)8-10-15/h4-11,18H,3,12-13H2,1-2H3/p+1. The molecule has 0 aliphatic rings. The van der Waals surface area contributed by atoms with Crippen LogP contribution in [0.1, 0.15) is 23.6 Å². The summed E-state index contributed by atoms with van der Waals surface area (Å²) < 4.78 is 5.51. The van der Waals surface area contributed by atoms with Gasteiger partial charge >= 0.3 is 0 Å². The molecule has 0 aromatic heterocycles. The summed E-state index contributed by atoms with van der Waals surface area (Å²) in [7, 11) is 0. The minimum atomic E-state index is 0.719. The molecule has 19 heavy (non-hydrogen) atoms. The number of aryl methyl sites for hydroxylation is 1. The topological polar surface area (TPSA) is 25.8 Å². The van der Waals surface area contributed by atoms with Crippen molar-refractivity contribution in [3.05, 3.63) is 65.2 Å². The highest BCUT2D eigenvalue weighted by Gasteiger charge is 1.99. The van der Waals surface area contributed by atoms with Gasteiger partial charge in [-0.1, -0.05) is 42.0 Å².